The SMILES string of the molecule is O=C(O)C1(C(F)(F)F)CCN(Cc2cc3cc(Cl)ccc3[nH]2)C1. The molecule has 1 atom stereocenters. The van der Waals surface area contributed by atoms with E-state index in [4.69, 9.17) is 16.7 Å². The second kappa shape index (κ2) is 5.42. The smallest absolute Gasteiger partial charge is 0.406 e. The second-order valence-electron chi connectivity index (χ2n) is 5.87. The summed E-state index contributed by atoms with van der Waals surface area (Å²) in [6.45, 7) is -0.221. The summed E-state index contributed by atoms with van der Waals surface area (Å²) in [5.41, 5.74) is -1.11. The normalized spacial score (nSPS) is 22.8. The number of rotatable bonds is 3. The topological polar surface area (TPSA) is 56.3 Å². The Kier molecular flexibility index (Phi) is 3.80. The van der Waals surface area contributed by atoms with Crippen LogP contribution in [0.5, 0.6) is 0 Å². The number of fused-ring (bicyclic) bond motifs is 1. The van der Waals surface area contributed by atoms with Crippen LogP contribution in [-0.2, 0) is 11.3 Å². The zero-order valence-corrected chi connectivity index (χ0v) is 12.7. The van der Waals surface area contributed by atoms with Gasteiger partial charge in [-0.2, -0.15) is 13.2 Å². The number of aromatic nitrogens is 1. The Morgan fingerprint density at radius 2 is 2.13 bits per heavy atom. The van der Waals surface area contributed by atoms with Crippen LogP contribution in [0.15, 0.2) is 24.3 Å². The predicted molar refractivity (Wildman–Crippen MR) is 79.3 cm³/mol. The summed E-state index contributed by atoms with van der Waals surface area (Å²) < 4.78 is 39.5. The van der Waals surface area contributed by atoms with Crippen LogP contribution >= 0.6 is 11.6 Å². The Morgan fingerprint density at radius 3 is 2.74 bits per heavy atom. The van der Waals surface area contributed by atoms with Gasteiger partial charge in [0, 0.05) is 41.3 Å². The van der Waals surface area contributed by atoms with Crippen LogP contribution in [0.3, 0.4) is 0 Å². The molecule has 1 fully saturated rings. The third-order valence-corrected chi connectivity index (χ3v) is 4.57. The van der Waals surface area contributed by atoms with E-state index >= 15 is 0 Å². The van der Waals surface area contributed by atoms with E-state index in [0.29, 0.717) is 5.02 Å². The van der Waals surface area contributed by atoms with Crippen LogP contribution in [0.4, 0.5) is 13.2 Å². The van der Waals surface area contributed by atoms with Crippen molar-refractivity contribution in [3.63, 3.8) is 0 Å². The van der Waals surface area contributed by atoms with Gasteiger partial charge in [-0.15, -0.1) is 0 Å². The van der Waals surface area contributed by atoms with Crippen molar-refractivity contribution >= 4 is 28.5 Å². The van der Waals surface area contributed by atoms with Gasteiger partial charge >= 0.3 is 12.1 Å². The lowest BCUT2D eigenvalue weighted by Crippen LogP contribution is -2.47. The minimum absolute atomic E-state index is 0.0852. The van der Waals surface area contributed by atoms with Crippen LogP contribution in [0.2, 0.25) is 5.02 Å². The van der Waals surface area contributed by atoms with E-state index in [0.717, 1.165) is 16.6 Å². The summed E-state index contributed by atoms with van der Waals surface area (Å²) in [5, 5.41) is 10.5. The molecular weight excluding hydrogens is 333 g/mol. The molecule has 0 amide bonds. The number of hydrogen-bond acceptors (Lipinski definition) is 2. The number of carbonyl (C=O) groups is 1. The van der Waals surface area contributed by atoms with Gasteiger partial charge in [0.25, 0.3) is 0 Å². The van der Waals surface area contributed by atoms with Crippen molar-refractivity contribution in [1.29, 1.82) is 0 Å². The fourth-order valence-corrected chi connectivity index (χ4v) is 3.22. The molecule has 0 aliphatic carbocycles. The van der Waals surface area contributed by atoms with Gasteiger partial charge in [0.2, 0.25) is 0 Å². The highest BCUT2D eigenvalue weighted by molar-refractivity contribution is 6.31. The molecule has 0 spiro atoms. The maximum Gasteiger partial charge on any atom is 0.406 e. The lowest BCUT2D eigenvalue weighted by atomic mass is 9.86. The minimum Gasteiger partial charge on any atom is -0.481 e. The van der Waals surface area contributed by atoms with Crippen molar-refractivity contribution < 1.29 is 23.1 Å². The molecule has 2 aromatic rings. The van der Waals surface area contributed by atoms with Gasteiger partial charge in [-0.25, -0.2) is 0 Å². The third-order valence-electron chi connectivity index (χ3n) is 4.33. The van der Waals surface area contributed by atoms with Crippen molar-refractivity contribution in [2.75, 3.05) is 13.1 Å². The molecular formula is C15H14ClF3N2O2. The summed E-state index contributed by atoms with van der Waals surface area (Å²) in [5.74, 6) is -1.81. The van der Waals surface area contributed by atoms with Crippen LogP contribution in [0.1, 0.15) is 12.1 Å². The number of carboxylic acids is 1. The maximum atomic E-state index is 13.2. The molecule has 1 aliphatic rings. The highest BCUT2D eigenvalue weighted by atomic mass is 35.5. The maximum absolute atomic E-state index is 13.2. The quantitative estimate of drug-likeness (QED) is 0.891. The standard InChI is InChI=1S/C15H14ClF3N2O2/c16-10-1-2-12-9(5-10)6-11(20-12)7-21-4-3-14(8-21,13(22)23)15(17,18)19/h1-2,5-6,20H,3-4,7-8H2,(H,22,23). The number of aliphatic carboxylic acids is 1. The van der Waals surface area contributed by atoms with E-state index in [2.05, 4.69) is 4.98 Å². The van der Waals surface area contributed by atoms with E-state index in [1.165, 1.54) is 4.90 Å². The molecule has 0 saturated carbocycles. The fourth-order valence-electron chi connectivity index (χ4n) is 3.04. The van der Waals surface area contributed by atoms with Gasteiger partial charge in [0.1, 0.15) is 0 Å². The Hall–Kier alpha value is -1.73. The number of H-pyrrole nitrogens is 1. The van der Waals surface area contributed by atoms with Gasteiger partial charge in [0.15, 0.2) is 5.41 Å². The van der Waals surface area contributed by atoms with Crippen molar-refractivity contribution in [2.45, 2.75) is 19.1 Å². The van der Waals surface area contributed by atoms with E-state index in [-0.39, 0.29) is 13.1 Å². The average Bonchev–Trinajstić information content (AvgIpc) is 3.02. The number of alkyl halides is 3. The first-order valence-electron chi connectivity index (χ1n) is 7.01. The molecule has 0 radical (unpaired) electrons. The molecule has 1 unspecified atom stereocenters. The van der Waals surface area contributed by atoms with E-state index in [1.54, 1.807) is 18.2 Å². The predicted octanol–water partition coefficient (Wildman–Crippen LogP) is 3.66. The lowest BCUT2D eigenvalue weighted by molar-refractivity contribution is -0.227. The number of hydrogen-bond donors (Lipinski definition) is 2. The average molecular weight is 347 g/mol. The fraction of sp³-hybridized carbons (Fsp3) is 0.400. The number of nitrogens with zero attached hydrogens (tertiary/aromatic N) is 1. The van der Waals surface area contributed by atoms with Gasteiger partial charge in [-0.3, -0.25) is 9.69 Å². The molecule has 3 rings (SSSR count). The van der Waals surface area contributed by atoms with Gasteiger partial charge in [-0.1, -0.05) is 11.6 Å². The zero-order valence-electron chi connectivity index (χ0n) is 12.0. The minimum atomic E-state index is -4.76. The Labute approximate surface area is 134 Å². The molecule has 2 N–H and O–H groups in total. The van der Waals surface area contributed by atoms with E-state index in [9.17, 15) is 18.0 Å². The van der Waals surface area contributed by atoms with Crippen LogP contribution < -0.4 is 0 Å². The first-order chi connectivity index (χ1) is 10.7. The lowest BCUT2D eigenvalue weighted by Gasteiger charge is -2.27. The number of nitrogens with one attached hydrogen (secondary N) is 1. The van der Waals surface area contributed by atoms with Crippen molar-refractivity contribution in [2.24, 2.45) is 5.41 Å². The summed E-state index contributed by atoms with van der Waals surface area (Å²) >= 11 is 5.91. The Bertz CT molecular complexity index is 759. The largest absolute Gasteiger partial charge is 0.481 e. The molecule has 8 heteroatoms. The summed E-state index contributed by atoms with van der Waals surface area (Å²) in [7, 11) is 0. The molecule has 1 aromatic carbocycles. The first kappa shape index (κ1) is 16.1. The van der Waals surface area contributed by atoms with Crippen molar-refractivity contribution in [3.05, 3.63) is 35.0 Å². The van der Waals surface area contributed by atoms with E-state index < -0.39 is 30.5 Å². The number of carboxylic acid groups (broad SMARTS) is 1. The summed E-state index contributed by atoms with van der Waals surface area (Å²) in [4.78, 5) is 15.8. The first-order valence-corrected chi connectivity index (χ1v) is 7.39. The van der Waals surface area contributed by atoms with Gasteiger partial charge in [-0.05, 0) is 30.7 Å². The Balaban J connectivity index is 1.80. The molecule has 2 heterocycles. The van der Waals surface area contributed by atoms with E-state index in [1.807, 2.05) is 6.07 Å². The Morgan fingerprint density at radius 1 is 1.39 bits per heavy atom. The summed E-state index contributed by atoms with van der Waals surface area (Å²) in [6.07, 6.45) is -5.19. The number of benzene rings is 1. The molecule has 4 nitrogen and oxygen atoms in total. The van der Waals surface area contributed by atoms with Crippen LogP contribution in [0.25, 0.3) is 10.9 Å². The molecule has 1 aromatic heterocycles. The highest BCUT2D eigenvalue weighted by Crippen LogP contribution is 2.46. The zero-order chi connectivity index (χ0) is 16.8. The monoisotopic (exact) mass is 346 g/mol. The third kappa shape index (κ3) is 2.79. The van der Waals surface area contributed by atoms with Crippen LogP contribution in [0, 0.1) is 5.41 Å². The molecule has 1 aliphatic heterocycles. The highest BCUT2D eigenvalue weighted by Gasteiger charge is 2.63. The van der Waals surface area contributed by atoms with Crippen molar-refractivity contribution in [3.8, 4) is 0 Å². The molecule has 23 heavy (non-hydrogen) atoms. The van der Waals surface area contributed by atoms with Crippen LogP contribution in [-0.4, -0.2) is 40.2 Å². The molecule has 0 bridgehead atoms. The number of likely N-dealkylation sites (tertiary alicyclic amines) is 1. The number of aromatic amines is 1. The number of halogens is 4. The molecule has 124 valence electrons. The second-order valence-corrected chi connectivity index (χ2v) is 6.31. The molecule has 1 saturated heterocycles. The van der Waals surface area contributed by atoms with Crippen molar-refractivity contribution in [1.82, 2.24) is 9.88 Å². The summed E-state index contributed by atoms with van der Waals surface area (Å²) in [6, 6.07) is 7.09. The van der Waals surface area contributed by atoms with Gasteiger partial charge in [0.05, 0.1) is 0 Å². The van der Waals surface area contributed by atoms with Gasteiger partial charge < -0.3 is 10.1 Å².